The summed E-state index contributed by atoms with van der Waals surface area (Å²) < 4.78 is 19.4. The molecule has 114 valence electrons. The molecule has 0 aliphatic carbocycles. The zero-order chi connectivity index (χ0) is 15.1. The molecule has 0 unspecified atom stereocenters. The van der Waals surface area contributed by atoms with Gasteiger partial charge in [-0.05, 0) is 19.1 Å². The van der Waals surface area contributed by atoms with E-state index < -0.39 is 0 Å². The molecule has 0 bridgehead atoms. The summed E-state index contributed by atoms with van der Waals surface area (Å²) in [5, 5.41) is 10.1. The Balaban J connectivity index is 1.51. The second-order valence-corrected chi connectivity index (χ2v) is 6.32. The first-order valence-corrected chi connectivity index (χ1v) is 7.87. The number of aryl methyl sites for hydroxylation is 1. The van der Waals surface area contributed by atoms with E-state index in [2.05, 4.69) is 20.1 Å². The van der Waals surface area contributed by atoms with Gasteiger partial charge in [-0.3, -0.25) is 0 Å². The van der Waals surface area contributed by atoms with E-state index in [9.17, 15) is 4.39 Å². The Morgan fingerprint density at radius 1 is 1.14 bits per heavy atom. The Morgan fingerprint density at radius 3 is 2.59 bits per heavy atom. The molecule has 0 saturated carbocycles. The summed E-state index contributed by atoms with van der Waals surface area (Å²) in [7, 11) is 0. The van der Waals surface area contributed by atoms with Crippen LogP contribution in [0.2, 0.25) is 0 Å². The first-order valence-electron chi connectivity index (χ1n) is 7.06. The molecule has 6 nitrogen and oxygen atoms in total. The van der Waals surface area contributed by atoms with Crippen molar-refractivity contribution in [3.05, 3.63) is 29.0 Å². The number of hydrogen-bond acceptors (Lipinski definition) is 7. The maximum atomic E-state index is 13.7. The highest BCUT2D eigenvalue weighted by Crippen LogP contribution is 2.26. The van der Waals surface area contributed by atoms with E-state index in [1.807, 2.05) is 11.8 Å². The van der Waals surface area contributed by atoms with Crippen molar-refractivity contribution in [2.75, 3.05) is 36.0 Å². The number of anilines is 2. The fourth-order valence-corrected chi connectivity index (χ4v) is 3.28. The fraction of sp³-hybridized carbons (Fsp3) is 0.357. The van der Waals surface area contributed by atoms with Crippen molar-refractivity contribution in [3.63, 3.8) is 0 Å². The maximum Gasteiger partial charge on any atom is 0.298 e. The van der Waals surface area contributed by atoms with Gasteiger partial charge in [0.2, 0.25) is 5.13 Å². The van der Waals surface area contributed by atoms with Crippen molar-refractivity contribution in [3.8, 4) is 0 Å². The molecule has 1 saturated heterocycles. The predicted molar refractivity (Wildman–Crippen MR) is 83.0 cm³/mol. The van der Waals surface area contributed by atoms with E-state index in [0.717, 1.165) is 36.3 Å². The second kappa shape index (κ2) is 5.20. The number of aromatic nitrogens is 3. The summed E-state index contributed by atoms with van der Waals surface area (Å²) in [6.45, 7) is 5.09. The second-order valence-electron chi connectivity index (χ2n) is 5.16. The Labute approximate surface area is 130 Å². The topological polar surface area (TPSA) is 58.3 Å². The van der Waals surface area contributed by atoms with Gasteiger partial charge in [-0.1, -0.05) is 17.4 Å². The first-order chi connectivity index (χ1) is 10.7. The standard InChI is InChI=1S/C14H14FN5OS/c1-9-17-18-14(22-9)20-7-5-19(6-8-20)13-16-12-10(15)3-2-4-11(12)21-13/h2-4H,5-8H2,1H3. The van der Waals surface area contributed by atoms with Gasteiger partial charge in [0, 0.05) is 26.2 Å². The van der Waals surface area contributed by atoms with Crippen molar-refractivity contribution in [1.29, 1.82) is 0 Å². The molecule has 22 heavy (non-hydrogen) atoms. The minimum Gasteiger partial charge on any atom is -0.423 e. The van der Waals surface area contributed by atoms with Crippen molar-refractivity contribution in [2.45, 2.75) is 6.92 Å². The molecular formula is C14H14FN5OS. The summed E-state index contributed by atoms with van der Waals surface area (Å²) in [6.07, 6.45) is 0. The largest absolute Gasteiger partial charge is 0.423 e. The van der Waals surface area contributed by atoms with Crippen LogP contribution in [0.4, 0.5) is 15.5 Å². The highest BCUT2D eigenvalue weighted by molar-refractivity contribution is 7.15. The third-order valence-electron chi connectivity index (χ3n) is 3.69. The number of hydrogen-bond donors (Lipinski definition) is 0. The highest BCUT2D eigenvalue weighted by Gasteiger charge is 2.23. The van der Waals surface area contributed by atoms with Crippen molar-refractivity contribution >= 4 is 33.6 Å². The van der Waals surface area contributed by atoms with Crippen LogP contribution >= 0.6 is 11.3 Å². The van der Waals surface area contributed by atoms with Gasteiger partial charge < -0.3 is 14.2 Å². The zero-order valence-electron chi connectivity index (χ0n) is 12.0. The van der Waals surface area contributed by atoms with Crippen LogP contribution in [0.25, 0.3) is 11.1 Å². The summed E-state index contributed by atoms with van der Waals surface area (Å²) in [6, 6.07) is 5.23. The number of halogens is 1. The third kappa shape index (κ3) is 2.29. The van der Waals surface area contributed by atoms with Crippen molar-refractivity contribution in [1.82, 2.24) is 15.2 Å². The number of piperazine rings is 1. The molecular weight excluding hydrogens is 305 g/mol. The van der Waals surface area contributed by atoms with E-state index in [-0.39, 0.29) is 5.82 Å². The lowest BCUT2D eigenvalue weighted by molar-refractivity contribution is 0.541. The monoisotopic (exact) mass is 319 g/mol. The number of benzene rings is 1. The van der Waals surface area contributed by atoms with Crippen LogP contribution in [0.5, 0.6) is 0 Å². The van der Waals surface area contributed by atoms with Gasteiger partial charge >= 0.3 is 0 Å². The minimum atomic E-state index is -0.351. The average Bonchev–Trinajstić information content (AvgIpc) is 3.15. The first kappa shape index (κ1) is 13.4. The van der Waals surface area contributed by atoms with Crippen LogP contribution in [0.3, 0.4) is 0 Å². The number of rotatable bonds is 2. The average molecular weight is 319 g/mol. The van der Waals surface area contributed by atoms with Gasteiger partial charge in [0.25, 0.3) is 6.01 Å². The Morgan fingerprint density at radius 2 is 1.91 bits per heavy atom. The number of fused-ring (bicyclic) bond motifs is 1. The Bertz CT molecular complexity index is 809. The van der Waals surface area contributed by atoms with E-state index in [1.165, 1.54) is 6.07 Å². The molecule has 0 spiro atoms. The van der Waals surface area contributed by atoms with Crippen LogP contribution in [0, 0.1) is 12.7 Å². The molecule has 1 aromatic carbocycles. The van der Waals surface area contributed by atoms with E-state index in [0.29, 0.717) is 17.1 Å². The lowest BCUT2D eigenvalue weighted by Gasteiger charge is -2.33. The predicted octanol–water partition coefficient (Wildman–Crippen LogP) is 2.45. The molecule has 0 atom stereocenters. The summed E-state index contributed by atoms with van der Waals surface area (Å²) in [5.74, 6) is -0.351. The number of para-hydroxylation sites is 1. The lowest BCUT2D eigenvalue weighted by atomic mass is 10.3. The molecule has 1 aliphatic rings. The van der Waals surface area contributed by atoms with Crippen LogP contribution in [-0.2, 0) is 0 Å². The summed E-state index contributed by atoms with van der Waals surface area (Å²) >= 11 is 1.59. The van der Waals surface area contributed by atoms with Crippen molar-refractivity contribution < 1.29 is 8.81 Å². The van der Waals surface area contributed by atoms with Gasteiger partial charge in [-0.25, -0.2) is 4.39 Å². The van der Waals surface area contributed by atoms with E-state index in [4.69, 9.17) is 4.42 Å². The molecule has 4 rings (SSSR count). The van der Waals surface area contributed by atoms with Gasteiger partial charge in [-0.15, -0.1) is 10.2 Å². The minimum absolute atomic E-state index is 0.291. The quantitative estimate of drug-likeness (QED) is 0.723. The van der Waals surface area contributed by atoms with Crippen molar-refractivity contribution in [2.24, 2.45) is 0 Å². The third-order valence-corrected chi connectivity index (χ3v) is 4.59. The molecule has 3 heterocycles. The molecule has 1 fully saturated rings. The lowest BCUT2D eigenvalue weighted by Crippen LogP contribution is -2.46. The summed E-state index contributed by atoms with van der Waals surface area (Å²) in [5.41, 5.74) is 0.775. The highest BCUT2D eigenvalue weighted by atomic mass is 32.1. The normalized spacial score (nSPS) is 15.7. The molecule has 0 N–H and O–H groups in total. The Kier molecular flexibility index (Phi) is 3.18. The molecule has 0 radical (unpaired) electrons. The van der Waals surface area contributed by atoms with Gasteiger partial charge in [0.1, 0.15) is 10.5 Å². The van der Waals surface area contributed by atoms with Crippen LogP contribution in [-0.4, -0.2) is 41.4 Å². The fourth-order valence-electron chi connectivity index (χ4n) is 2.54. The molecule has 0 amide bonds. The molecule has 2 aromatic heterocycles. The zero-order valence-corrected chi connectivity index (χ0v) is 12.8. The van der Waals surface area contributed by atoms with Crippen LogP contribution in [0.15, 0.2) is 22.6 Å². The van der Waals surface area contributed by atoms with E-state index >= 15 is 0 Å². The van der Waals surface area contributed by atoms with Gasteiger partial charge in [0.05, 0.1) is 0 Å². The molecule has 3 aromatic rings. The van der Waals surface area contributed by atoms with E-state index in [1.54, 1.807) is 23.5 Å². The molecule has 1 aliphatic heterocycles. The Hall–Kier alpha value is -2.22. The number of oxazole rings is 1. The van der Waals surface area contributed by atoms with Crippen LogP contribution in [0.1, 0.15) is 5.01 Å². The maximum absolute atomic E-state index is 13.7. The van der Waals surface area contributed by atoms with Gasteiger partial charge in [-0.2, -0.15) is 4.98 Å². The number of nitrogens with zero attached hydrogens (tertiary/aromatic N) is 5. The smallest absolute Gasteiger partial charge is 0.298 e. The SMILES string of the molecule is Cc1nnc(N2CCN(c3nc4c(F)cccc4o3)CC2)s1. The van der Waals surface area contributed by atoms with Crippen LogP contribution < -0.4 is 9.80 Å². The summed E-state index contributed by atoms with van der Waals surface area (Å²) in [4.78, 5) is 8.51. The van der Waals surface area contributed by atoms with Gasteiger partial charge in [0.15, 0.2) is 11.4 Å². The molecule has 8 heteroatoms.